The molecule has 0 N–H and O–H groups in total. The van der Waals surface area contributed by atoms with E-state index in [1.165, 1.54) is 34.9 Å². The smallest absolute Gasteiger partial charge is 0.361 e. The third-order valence-electron chi connectivity index (χ3n) is 4.17. The quantitative estimate of drug-likeness (QED) is 0.577. The summed E-state index contributed by atoms with van der Waals surface area (Å²) in [5.41, 5.74) is 1.27. The van der Waals surface area contributed by atoms with Crippen molar-refractivity contribution in [2.24, 2.45) is 0 Å². The van der Waals surface area contributed by atoms with Gasteiger partial charge in [-0.15, -0.1) is 5.10 Å². The van der Waals surface area contributed by atoms with Crippen molar-refractivity contribution in [1.29, 1.82) is 0 Å². The Labute approximate surface area is 171 Å². The van der Waals surface area contributed by atoms with E-state index in [0.29, 0.717) is 11.4 Å². The van der Waals surface area contributed by atoms with Crippen LogP contribution in [0.3, 0.4) is 0 Å². The molecule has 0 atom stereocenters. The van der Waals surface area contributed by atoms with Gasteiger partial charge in [-0.25, -0.2) is 9.18 Å². The molecule has 0 saturated carbocycles. The maximum Gasteiger partial charge on any atom is 0.361 e. The van der Waals surface area contributed by atoms with Crippen LogP contribution in [0.25, 0.3) is 5.69 Å². The molecular weight excluding hydrogens is 399 g/mol. The van der Waals surface area contributed by atoms with Crippen LogP contribution in [0.2, 0.25) is 5.02 Å². The molecule has 0 saturated heterocycles. The molecule has 150 valence electrons. The van der Waals surface area contributed by atoms with E-state index < -0.39 is 24.3 Å². The lowest BCUT2D eigenvalue weighted by molar-refractivity contribution is -0.133. The number of aryl methyl sites for hydroxylation is 1. The first kappa shape index (κ1) is 20.5. The Morgan fingerprint density at radius 3 is 2.55 bits per heavy atom. The van der Waals surface area contributed by atoms with Crippen LogP contribution in [0, 0.1) is 12.7 Å². The van der Waals surface area contributed by atoms with E-state index in [9.17, 15) is 14.0 Å². The molecule has 1 amide bonds. The number of halogens is 2. The Morgan fingerprint density at radius 2 is 1.86 bits per heavy atom. The van der Waals surface area contributed by atoms with E-state index in [-0.39, 0.29) is 22.8 Å². The second-order valence-corrected chi connectivity index (χ2v) is 6.69. The molecule has 0 unspecified atom stereocenters. The highest BCUT2D eigenvalue weighted by Gasteiger charge is 2.21. The number of benzene rings is 2. The van der Waals surface area contributed by atoms with Crippen LogP contribution in [0.5, 0.6) is 0 Å². The highest BCUT2D eigenvalue weighted by molar-refractivity contribution is 6.31. The van der Waals surface area contributed by atoms with Crippen molar-refractivity contribution in [2.75, 3.05) is 13.7 Å². The van der Waals surface area contributed by atoms with Crippen LogP contribution >= 0.6 is 11.6 Å². The number of rotatable bonds is 6. The van der Waals surface area contributed by atoms with Crippen LogP contribution in [-0.2, 0) is 16.1 Å². The zero-order chi connectivity index (χ0) is 21.0. The average Bonchev–Trinajstić information content (AvgIpc) is 3.11. The van der Waals surface area contributed by atoms with Crippen molar-refractivity contribution in [3.8, 4) is 5.69 Å². The van der Waals surface area contributed by atoms with Crippen LogP contribution in [-0.4, -0.2) is 45.4 Å². The van der Waals surface area contributed by atoms with E-state index >= 15 is 0 Å². The number of aromatic nitrogens is 3. The van der Waals surface area contributed by atoms with Gasteiger partial charge in [0, 0.05) is 24.2 Å². The zero-order valence-corrected chi connectivity index (χ0v) is 16.6. The Balaban J connectivity index is 1.62. The van der Waals surface area contributed by atoms with Gasteiger partial charge in [0.15, 0.2) is 12.3 Å². The van der Waals surface area contributed by atoms with Gasteiger partial charge < -0.3 is 9.64 Å². The zero-order valence-electron chi connectivity index (χ0n) is 15.8. The maximum absolute atomic E-state index is 13.9. The molecule has 29 heavy (non-hydrogen) atoms. The fraction of sp³-hybridized carbons (Fsp3) is 0.200. The monoisotopic (exact) mass is 416 g/mol. The SMILES string of the molecule is Cc1nn(-c2ccccc2)nc1C(=O)OCC(=O)N(C)Cc1c(F)cccc1Cl. The average molecular weight is 417 g/mol. The first-order valence-electron chi connectivity index (χ1n) is 8.70. The topological polar surface area (TPSA) is 77.3 Å². The number of esters is 1. The minimum Gasteiger partial charge on any atom is -0.451 e. The minimum atomic E-state index is -0.768. The normalized spacial score (nSPS) is 10.6. The van der Waals surface area contributed by atoms with Gasteiger partial charge in [0.05, 0.1) is 11.4 Å². The number of ether oxygens (including phenoxy) is 1. The first-order chi connectivity index (χ1) is 13.9. The lowest BCUT2D eigenvalue weighted by Crippen LogP contribution is -2.31. The molecule has 0 fully saturated rings. The number of hydrogen-bond acceptors (Lipinski definition) is 5. The van der Waals surface area contributed by atoms with Crippen molar-refractivity contribution < 1.29 is 18.7 Å². The lowest BCUT2D eigenvalue weighted by Gasteiger charge is -2.18. The summed E-state index contributed by atoms with van der Waals surface area (Å²) in [6.45, 7) is 1.06. The number of amides is 1. The number of carbonyl (C=O) groups is 2. The van der Waals surface area contributed by atoms with Gasteiger partial charge in [-0.3, -0.25) is 4.79 Å². The van der Waals surface area contributed by atoms with E-state index in [2.05, 4.69) is 10.2 Å². The predicted octanol–water partition coefficient (Wildman–Crippen LogP) is 3.18. The van der Waals surface area contributed by atoms with Gasteiger partial charge in [-0.2, -0.15) is 9.90 Å². The minimum absolute atomic E-state index is 0.0152. The van der Waals surface area contributed by atoms with Gasteiger partial charge in [0.2, 0.25) is 0 Å². The number of carbonyl (C=O) groups excluding carboxylic acids is 2. The van der Waals surface area contributed by atoms with Gasteiger partial charge >= 0.3 is 5.97 Å². The summed E-state index contributed by atoms with van der Waals surface area (Å²) in [4.78, 5) is 27.1. The summed E-state index contributed by atoms with van der Waals surface area (Å²) in [7, 11) is 1.47. The van der Waals surface area contributed by atoms with E-state index in [1.54, 1.807) is 19.1 Å². The Hall–Kier alpha value is -3.26. The van der Waals surface area contributed by atoms with Gasteiger partial charge in [0.1, 0.15) is 5.82 Å². The van der Waals surface area contributed by atoms with Gasteiger partial charge in [0.25, 0.3) is 5.91 Å². The van der Waals surface area contributed by atoms with Crippen molar-refractivity contribution in [2.45, 2.75) is 13.5 Å². The van der Waals surface area contributed by atoms with E-state index in [4.69, 9.17) is 16.3 Å². The fourth-order valence-corrected chi connectivity index (χ4v) is 2.78. The molecule has 3 aromatic rings. The first-order valence-corrected chi connectivity index (χ1v) is 9.08. The van der Waals surface area contributed by atoms with E-state index in [1.807, 2.05) is 18.2 Å². The Kier molecular flexibility index (Phi) is 6.23. The molecule has 1 aromatic heterocycles. The van der Waals surface area contributed by atoms with Gasteiger partial charge in [-0.05, 0) is 31.2 Å². The molecule has 0 spiro atoms. The predicted molar refractivity (Wildman–Crippen MR) is 104 cm³/mol. The maximum atomic E-state index is 13.9. The van der Waals surface area contributed by atoms with E-state index in [0.717, 1.165) is 0 Å². The van der Waals surface area contributed by atoms with Crippen LogP contribution in [0.4, 0.5) is 4.39 Å². The standard InChI is InChI=1S/C20H18ClFN4O3/c1-13-19(24-26(23-13)14-7-4-3-5-8-14)20(28)29-12-18(27)25(2)11-15-16(21)9-6-10-17(15)22/h3-10H,11-12H2,1-2H3. The summed E-state index contributed by atoms with van der Waals surface area (Å²) in [5.74, 6) is -1.79. The van der Waals surface area contributed by atoms with Crippen LogP contribution in [0.15, 0.2) is 48.5 Å². The summed E-state index contributed by atoms with van der Waals surface area (Å²) in [5, 5.41) is 8.54. The van der Waals surface area contributed by atoms with Crippen molar-refractivity contribution in [3.05, 3.63) is 76.3 Å². The third-order valence-corrected chi connectivity index (χ3v) is 4.53. The summed E-state index contributed by atoms with van der Waals surface area (Å²) < 4.78 is 18.9. The summed E-state index contributed by atoms with van der Waals surface area (Å²) in [6.07, 6.45) is 0. The Bertz CT molecular complexity index is 1020. The van der Waals surface area contributed by atoms with Crippen molar-refractivity contribution >= 4 is 23.5 Å². The molecule has 9 heteroatoms. The molecule has 1 heterocycles. The molecular formula is C20H18ClFN4O3. The molecule has 7 nitrogen and oxygen atoms in total. The van der Waals surface area contributed by atoms with Crippen LogP contribution in [0.1, 0.15) is 21.7 Å². The van der Waals surface area contributed by atoms with Gasteiger partial charge in [-0.1, -0.05) is 35.9 Å². The molecule has 0 aliphatic carbocycles. The number of nitrogens with zero attached hydrogens (tertiary/aromatic N) is 4. The largest absolute Gasteiger partial charge is 0.451 e. The molecule has 0 aliphatic heterocycles. The number of likely N-dealkylation sites (N-methyl/N-ethyl adjacent to an activating group) is 1. The number of hydrogen-bond donors (Lipinski definition) is 0. The highest BCUT2D eigenvalue weighted by Crippen LogP contribution is 2.20. The molecule has 3 rings (SSSR count). The molecule has 0 bridgehead atoms. The highest BCUT2D eigenvalue weighted by atomic mass is 35.5. The Morgan fingerprint density at radius 1 is 1.14 bits per heavy atom. The lowest BCUT2D eigenvalue weighted by atomic mass is 10.2. The molecule has 2 aromatic carbocycles. The summed E-state index contributed by atoms with van der Waals surface area (Å²) in [6, 6.07) is 13.4. The van der Waals surface area contributed by atoms with Crippen LogP contribution < -0.4 is 0 Å². The third kappa shape index (κ3) is 4.78. The molecule has 0 aliphatic rings. The molecule has 0 radical (unpaired) electrons. The second-order valence-electron chi connectivity index (χ2n) is 6.29. The fourth-order valence-electron chi connectivity index (χ4n) is 2.56. The van der Waals surface area contributed by atoms with Crippen molar-refractivity contribution in [3.63, 3.8) is 0 Å². The van der Waals surface area contributed by atoms with Crippen molar-refractivity contribution in [1.82, 2.24) is 19.9 Å². The summed E-state index contributed by atoms with van der Waals surface area (Å²) >= 11 is 5.98. The second kappa shape index (κ2) is 8.83. The number of para-hydroxylation sites is 1.